The molecule has 0 heterocycles. The predicted molar refractivity (Wildman–Crippen MR) is 95.2 cm³/mol. The summed E-state index contributed by atoms with van der Waals surface area (Å²) in [5.41, 5.74) is 1.19. The van der Waals surface area contributed by atoms with Gasteiger partial charge in [0.2, 0.25) is 5.91 Å². The second kappa shape index (κ2) is 7.19. The average Bonchev–Trinajstić information content (AvgIpc) is 3.06. The highest BCUT2D eigenvalue weighted by atomic mass is 32.2. The molecule has 1 N–H and O–H groups in total. The topological polar surface area (TPSA) is 29.1 Å². The van der Waals surface area contributed by atoms with E-state index in [1.165, 1.54) is 42.0 Å². The fraction of sp³-hybridized carbons (Fsp3) is 0.421. The average molecular weight is 313 g/mol. The summed E-state index contributed by atoms with van der Waals surface area (Å²) in [7, 11) is 0. The summed E-state index contributed by atoms with van der Waals surface area (Å²) in [6, 6.07) is 14.7. The molecule has 22 heavy (non-hydrogen) atoms. The van der Waals surface area contributed by atoms with Crippen LogP contribution in [-0.4, -0.2) is 16.9 Å². The number of thioether (sulfide) groups is 1. The second-order valence-corrected chi connectivity index (χ2v) is 7.36. The van der Waals surface area contributed by atoms with Crippen molar-refractivity contribution in [2.75, 3.05) is 5.75 Å². The van der Waals surface area contributed by atoms with E-state index in [1.54, 1.807) is 0 Å². The monoisotopic (exact) mass is 313 g/mol. The molecule has 2 nitrogen and oxygen atoms in total. The highest BCUT2D eigenvalue weighted by Crippen LogP contribution is 2.29. The Kier molecular flexibility index (Phi) is 5.04. The Morgan fingerprint density at radius 2 is 1.91 bits per heavy atom. The predicted octanol–water partition coefficient (Wildman–Crippen LogP) is 4.69. The number of fused-ring (bicyclic) bond motifs is 1. The maximum absolute atomic E-state index is 12.2. The first-order valence-corrected chi connectivity index (χ1v) is 9.17. The van der Waals surface area contributed by atoms with Crippen LogP contribution in [0.25, 0.3) is 10.8 Å². The molecule has 0 saturated heterocycles. The summed E-state index contributed by atoms with van der Waals surface area (Å²) >= 11 is 1.82. The van der Waals surface area contributed by atoms with Crippen LogP contribution in [0.5, 0.6) is 0 Å². The second-order valence-electron chi connectivity index (χ2n) is 6.08. The number of carbonyl (C=O) groups is 1. The van der Waals surface area contributed by atoms with Crippen molar-refractivity contribution < 1.29 is 4.79 Å². The quantitative estimate of drug-likeness (QED) is 0.867. The first-order valence-electron chi connectivity index (χ1n) is 8.12. The first kappa shape index (κ1) is 15.4. The lowest BCUT2D eigenvalue weighted by molar-refractivity contribution is -0.119. The smallest absolute Gasteiger partial charge is 0.230 e. The first-order chi connectivity index (χ1) is 10.7. The minimum atomic E-state index is 0.0442. The van der Waals surface area contributed by atoms with E-state index in [9.17, 15) is 4.79 Å². The van der Waals surface area contributed by atoms with Crippen LogP contribution in [0.15, 0.2) is 42.5 Å². The zero-order valence-corrected chi connectivity index (χ0v) is 13.9. The third kappa shape index (κ3) is 3.64. The Morgan fingerprint density at radius 3 is 2.73 bits per heavy atom. The summed E-state index contributed by atoms with van der Waals surface area (Å²) in [4.78, 5) is 12.2. The molecule has 1 aliphatic carbocycles. The number of hydrogen-bond donors (Lipinski definition) is 1. The van der Waals surface area contributed by atoms with E-state index in [2.05, 4.69) is 48.6 Å². The molecule has 0 spiro atoms. The number of rotatable bonds is 5. The van der Waals surface area contributed by atoms with Gasteiger partial charge in [-0.2, -0.15) is 0 Å². The van der Waals surface area contributed by atoms with Gasteiger partial charge in [0.15, 0.2) is 0 Å². The summed E-state index contributed by atoms with van der Waals surface area (Å²) < 4.78 is 0. The molecule has 0 aliphatic heterocycles. The highest BCUT2D eigenvalue weighted by Gasteiger charge is 2.18. The molecule has 3 rings (SSSR count). The molecule has 1 atom stereocenters. The van der Waals surface area contributed by atoms with Gasteiger partial charge in [-0.15, -0.1) is 11.8 Å². The maximum atomic E-state index is 12.2. The fourth-order valence-corrected chi connectivity index (χ4v) is 4.37. The molecular weight excluding hydrogens is 290 g/mol. The lowest BCUT2D eigenvalue weighted by Crippen LogP contribution is -2.28. The summed E-state index contributed by atoms with van der Waals surface area (Å²) in [5, 5.41) is 6.29. The van der Waals surface area contributed by atoms with Gasteiger partial charge < -0.3 is 5.32 Å². The van der Waals surface area contributed by atoms with Gasteiger partial charge in [-0.1, -0.05) is 55.3 Å². The van der Waals surface area contributed by atoms with Crippen LogP contribution < -0.4 is 5.32 Å². The van der Waals surface area contributed by atoms with E-state index in [1.807, 2.05) is 17.8 Å². The van der Waals surface area contributed by atoms with E-state index >= 15 is 0 Å². The van der Waals surface area contributed by atoms with E-state index < -0.39 is 0 Å². The minimum Gasteiger partial charge on any atom is -0.349 e. The molecule has 0 aromatic heterocycles. The molecule has 3 heteroatoms. The van der Waals surface area contributed by atoms with Crippen LogP contribution in [0.4, 0.5) is 0 Å². The fourth-order valence-electron chi connectivity index (χ4n) is 3.24. The van der Waals surface area contributed by atoms with Crippen molar-refractivity contribution in [2.24, 2.45) is 0 Å². The maximum Gasteiger partial charge on any atom is 0.230 e. The Balaban J connectivity index is 1.62. The lowest BCUT2D eigenvalue weighted by atomic mass is 10.00. The molecule has 2 aromatic carbocycles. The van der Waals surface area contributed by atoms with Crippen LogP contribution in [0.2, 0.25) is 0 Å². The highest BCUT2D eigenvalue weighted by molar-refractivity contribution is 8.00. The van der Waals surface area contributed by atoms with Gasteiger partial charge in [-0.05, 0) is 36.1 Å². The van der Waals surface area contributed by atoms with Gasteiger partial charge >= 0.3 is 0 Å². The van der Waals surface area contributed by atoms with E-state index in [4.69, 9.17) is 0 Å². The van der Waals surface area contributed by atoms with Gasteiger partial charge in [0.05, 0.1) is 11.8 Å². The molecule has 1 fully saturated rings. The number of amides is 1. The lowest BCUT2D eigenvalue weighted by Gasteiger charge is -2.17. The van der Waals surface area contributed by atoms with Gasteiger partial charge in [0.1, 0.15) is 0 Å². The molecule has 0 radical (unpaired) electrons. The van der Waals surface area contributed by atoms with Gasteiger partial charge in [0, 0.05) is 5.25 Å². The van der Waals surface area contributed by atoms with Gasteiger partial charge in [0.25, 0.3) is 0 Å². The zero-order valence-electron chi connectivity index (χ0n) is 13.0. The minimum absolute atomic E-state index is 0.0442. The Labute approximate surface area is 136 Å². The standard InChI is InChI=1S/C19H23NOS/c1-14(20-19(21)13-22-16-9-3-4-10-16)17-12-6-8-15-7-2-5-11-18(15)17/h2,5-8,11-12,14,16H,3-4,9-10,13H2,1H3,(H,20,21)/t14-/m1/s1. The van der Waals surface area contributed by atoms with Crippen LogP contribution in [0.3, 0.4) is 0 Å². The van der Waals surface area contributed by atoms with Crippen LogP contribution >= 0.6 is 11.8 Å². The number of nitrogens with one attached hydrogen (secondary N) is 1. The van der Waals surface area contributed by atoms with Crippen molar-refractivity contribution in [3.63, 3.8) is 0 Å². The summed E-state index contributed by atoms with van der Waals surface area (Å²) in [6.07, 6.45) is 5.20. The molecule has 2 aromatic rings. The van der Waals surface area contributed by atoms with Gasteiger partial charge in [-0.3, -0.25) is 4.79 Å². The van der Waals surface area contributed by atoms with Gasteiger partial charge in [-0.25, -0.2) is 0 Å². The third-order valence-electron chi connectivity index (χ3n) is 4.42. The summed E-state index contributed by atoms with van der Waals surface area (Å²) in [6.45, 7) is 2.07. The normalized spacial score (nSPS) is 16.8. The van der Waals surface area contributed by atoms with Crippen molar-refractivity contribution in [1.82, 2.24) is 5.32 Å². The Morgan fingerprint density at radius 1 is 1.18 bits per heavy atom. The third-order valence-corrected chi connectivity index (χ3v) is 5.79. The number of hydrogen-bond acceptors (Lipinski definition) is 2. The number of benzene rings is 2. The van der Waals surface area contributed by atoms with E-state index in [0.717, 1.165) is 0 Å². The largest absolute Gasteiger partial charge is 0.349 e. The molecular formula is C19H23NOS. The molecule has 0 bridgehead atoms. The molecule has 1 aliphatic rings. The van der Waals surface area contributed by atoms with Crippen molar-refractivity contribution in [1.29, 1.82) is 0 Å². The SMILES string of the molecule is C[C@@H](NC(=O)CSC1CCCC1)c1cccc2ccccc12. The van der Waals surface area contributed by atoms with E-state index in [0.29, 0.717) is 11.0 Å². The van der Waals surface area contributed by atoms with E-state index in [-0.39, 0.29) is 11.9 Å². The van der Waals surface area contributed by atoms with Crippen LogP contribution in [0, 0.1) is 0 Å². The Bertz CT molecular complexity index is 643. The van der Waals surface area contributed by atoms with Crippen LogP contribution in [-0.2, 0) is 4.79 Å². The van der Waals surface area contributed by atoms with Crippen molar-refractivity contribution in [2.45, 2.75) is 43.9 Å². The van der Waals surface area contributed by atoms with Crippen molar-refractivity contribution >= 4 is 28.4 Å². The molecule has 116 valence electrons. The van der Waals surface area contributed by atoms with Crippen molar-refractivity contribution in [3.8, 4) is 0 Å². The van der Waals surface area contributed by atoms with Crippen molar-refractivity contribution in [3.05, 3.63) is 48.0 Å². The molecule has 1 saturated carbocycles. The Hall–Kier alpha value is -1.48. The molecule has 0 unspecified atom stereocenters. The zero-order chi connectivity index (χ0) is 15.4. The van der Waals surface area contributed by atoms with Crippen LogP contribution in [0.1, 0.15) is 44.2 Å². The number of carbonyl (C=O) groups excluding carboxylic acids is 1. The molecule has 1 amide bonds. The summed E-state index contributed by atoms with van der Waals surface area (Å²) in [5.74, 6) is 0.733.